The van der Waals surface area contributed by atoms with E-state index in [-0.39, 0.29) is 16.4 Å². The molecule has 3 rings (SSSR count). The zero-order valence-corrected chi connectivity index (χ0v) is 18.9. The van der Waals surface area contributed by atoms with E-state index in [9.17, 15) is 17.6 Å². The molecular formula is C22H24FN3O3S2. The lowest BCUT2D eigenvalue weighted by Crippen LogP contribution is -2.24. The van der Waals surface area contributed by atoms with Gasteiger partial charge in [0.25, 0.3) is 15.9 Å². The zero-order valence-electron chi connectivity index (χ0n) is 17.3. The van der Waals surface area contributed by atoms with Gasteiger partial charge in [-0.3, -0.25) is 9.52 Å². The van der Waals surface area contributed by atoms with Gasteiger partial charge in [0.2, 0.25) is 0 Å². The van der Waals surface area contributed by atoms with Crippen molar-refractivity contribution in [3.8, 4) is 0 Å². The molecule has 0 aliphatic rings. The number of amides is 1. The van der Waals surface area contributed by atoms with E-state index in [1.165, 1.54) is 31.2 Å². The van der Waals surface area contributed by atoms with Crippen molar-refractivity contribution in [2.45, 2.75) is 38.0 Å². The van der Waals surface area contributed by atoms with Crippen molar-refractivity contribution in [3.63, 3.8) is 0 Å². The van der Waals surface area contributed by atoms with E-state index in [0.29, 0.717) is 17.8 Å². The Balaban J connectivity index is 1.49. The maximum absolute atomic E-state index is 13.4. The minimum atomic E-state index is -3.85. The van der Waals surface area contributed by atoms with Gasteiger partial charge in [0.15, 0.2) is 0 Å². The first-order chi connectivity index (χ1) is 14.7. The highest BCUT2D eigenvalue weighted by Crippen LogP contribution is 2.19. The lowest BCUT2D eigenvalue weighted by molar-refractivity contribution is 0.0953. The van der Waals surface area contributed by atoms with Crippen LogP contribution < -0.4 is 10.0 Å². The number of thiazole rings is 1. The average Bonchev–Trinajstić information content (AvgIpc) is 3.15. The van der Waals surface area contributed by atoms with Gasteiger partial charge in [0.05, 0.1) is 9.90 Å². The standard InChI is InChI=1S/C22H24FN3O3S2/c1-15-13-19(10-11-20(15)23)31(28,29)26-18-8-6-17(7-9-18)22(27)24-12-4-3-5-21-25-16(2)14-30-21/h6-11,13-14,26H,3-5,12H2,1-2H3,(H,24,27). The number of carbonyl (C=O) groups excluding carboxylic acids is 1. The van der Waals surface area contributed by atoms with Crippen LogP contribution in [-0.4, -0.2) is 25.9 Å². The van der Waals surface area contributed by atoms with E-state index >= 15 is 0 Å². The van der Waals surface area contributed by atoms with E-state index < -0.39 is 15.8 Å². The summed E-state index contributed by atoms with van der Waals surface area (Å²) in [6, 6.07) is 9.76. The second kappa shape index (κ2) is 10.0. The van der Waals surface area contributed by atoms with Crippen LogP contribution in [0.2, 0.25) is 0 Å². The molecule has 0 bridgehead atoms. The number of benzene rings is 2. The molecule has 164 valence electrons. The Bertz CT molecular complexity index is 1160. The summed E-state index contributed by atoms with van der Waals surface area (Å²) in [6.07, 6.45) is 2.69. The normalized spacial score (nSPS) is 11.3. The van der Waals surface area contributed by atoms with E-state index in [0.717, 1.165) is 36.0 Å². The van der Waals surface area contributed by atoms with Gasteiger partial charge >= 0.3 is 0 Å². The van der Waals surface area contributed by atoms with Crippen LogP contribution in [0.4, 0.5) is 10.1 Å². The predicted octanol–water partition coefficient (Wildman–Crippen LogP) is 4.45. The van der Waals surface area contributed by atoms with Crippen molar-refractivity contribution in [2.75, 3.05) is 11.3 Å². The smallest absolute Gasteiger partial charge is 0.261 e. The van der Waals surface area contributed by atoms with Crippen molar-refractivity contribution in [2.24, 2.45) is 0 Å². The SMILES string of the molecule is Cc1csc(CCCCNC(=O)c2ccc(NS(=O)(=O)c3ccc(F)c(C)c3)cc2)n1. The average molecular weight is 462 g/mol. The first-order valence-corrected chi connectivity index (χ1v) is 12.2. The number of unbranched alkanes of at least 4 members (excludes halogenated alkanes) is 1. The van der Waals surface area contributed by atoms with Crippen molar-refractivity contribution >= 4 is 33.0 Å². The number of aryl methyl sites for hydroxylation is 3. The quantitative estimate of drug-likeness (QED) is 0.461. The number of halogens is 1. The number of nitrogens with one attached hydrogen (secondary N) is 2. The largest absolute Gasteiger partial charge is 0.352 e. The molecule has 0 radical (unpaired) electrons. The van der Waals surface area contributed by atoms with Crippen LogP contribution in [0, 0.1) is 19.7 Å². The molecule has 0 atom stereocenters. The maximum Gasteiger partial charge on any atom is 0.261 e. The third kappa shape index (κ3) is 6.35. The van der Waals surface area contributed by atoms with Gasteiger partial charge in [-0.1, -0.05) is 0 Å². The van der Waals surface area contributed by atoms with Gasteiger partial charge in [-0.25, -0.2) is 17.8 Å². The van der Waals surface area contributed by atoms with Crippen molar-refractivity contribution in [3.05, 3.63) is 75.5 Å². The maximum atomic E-state index is 13.4. The third-order valence-corrected chi connectivity index (χ3v) is 7.01. The van der Waals surface area contributed by atoms with Crippen LogP contribution in [-0.2, 0) is 16.4 Å². The van der Waals surface area contributed by atoms with Gasteiger partial charge < -0.3 is 5.32 Å². The van der Waals surface area contributed by atoms with E-state index in [1.54, 1.807) is 23.5 Å². The summed E-state index contributed by atoms with van der Waals surface area (Å²) in [7, 11) is -3.85. The summed E-state index contributed by atoms with van der Waals surface area (Å²) in [5.41, 5.74) is 2.04. The fraction of sp³-hybridized carbons (Fsp3) is 0.273. The van der Waals surface area contributed by atoms with Crippen molar-refractivity contribution in [1.82, 2.24) is 10.3 Å². The molecule has 0 aliphatic heterocycles. The molecule has 0 unspecified atom stereocenters. The molecule has 0 aliphatic carbocycles. The molecule has 2 aromatic carbocycles. The van der Waals surface area contributed by atoms with Gasteiger partial charge in [0.1, 0.15) is 5.82 Å². The van der Waals surface area contributed by atoms with Crippen LogP contribution in [0.25, 0.3) is 0 Å². The monoisotopic (exact) mass is 461 g/mol. The second-order valence-corrected chi connectivity index (χ2v) is 9.81. The molecular weight excluding hydrogens is 437 g/mol. The summed E-state index contributed by atoms with van der Waals surface area (Å²) in [6.45, 7) is 4.03. The number of rotatable bonds is 9. The van der Waals surface area contributed by atoms with Gasteiger partial charge in [-0.05, 0) is 81.1 Å². The Hall–Kier alpha value is -2.78. The number of carbonyl (C=O) groups is 1. The zero-order chi connectivity index (χ0) is 22.4. The van der Waals surface area contributed by atoms with Crippen LogP contribution in [0.1, 0.15) is 39.5 Å². The highest BCUT2D eigenvalue weighted by Gasteiger charge is 2.16. The number of sulfonamides is 1. The van der Waals surface area contributed by atoms with Crippen molar-refractivity contribution < 1.29 is 17.6 Å². The molecule has 1 heterocycles. The molecule has 0 saturated carbocycles. The lowest BCUT2D eigenvalue weighted by Gasteiger charge is -2.10. The van der Waals surface area contributed by atoms with Gasteiger partial charge in [-0.15, -0.1) is 11.3 Å². The van der Waals surface area contributed by atoms with E-state index in [2.05, 4.69) is 15.0 Å². The number of aromatic nitrogens is 1. The minimum absolute atomic E-state index is 0.0267. The molecule has 1 aromatic heterocycles. The third-order valence-electron chi connectivity index (χ3n) is 4.61. The number of nitrogens with zero attached hydrogens (tertiary/aromatic N) is 1. The molecule has 0 fully saturated rings. The first kappa shape index (κ1) is 22.9. The van der Waals surface area contributed by atoms with Crippen LogP contribution >= 0.6 is 11.3 Å². The number of anilines is 1. The van der Waals surface area contributed by atoms with Gasteiger partial charge in [-0.2, -0.15) is 0 Å². The predicted molar refractivity (Wildman–Crippen MR) is 121 cm³/mol. The second-order valence-electron chi connectivity index (χ2n) is 7.19. The first-order valence-electron chi connectivity index (χ1n) is 9.83. The molecule has 9 heteroatoms. The Morgan fingerprint density at radius 1 is 1.10 bits per heavy atom. The number of hydrogen-bond donors (Lipinski definition) is 2. The molecule has 2 N–H and O–H groups in total. The fourth-order valence-corrected chi connectivity index (χ4v) is 4.87. The van der Waals surface area contributed by atoms with Crippen LogP contribution in [0.5, 0.6) is 0 Å². The Morgan fingerprint density at radius 3 is 2.48 bits per heavy atom. The van der Waals surface area contributed by atoms with E-state index in [1.807, 2.05) is 12.3 Å². The summed E-state index contributed by atoms with van der Waals surface area (Å²) in [5, 5.41) is 6.00. The van der Waals surface area contributed by atoms with Gasteiger partial charge in [0, 0.05) is 28.9 Å². The summed E-state index contributed by atoms with van der Waals surface area (Å²) < 4.78 is 40.8. The fourth-order valence-electron chi connectivity index (χ4n) is 2.91. The molecule has 3 aromatic rings. The molecule has 0 spiro atoms. The molecule has 0 saturated heterocycles. The molecule has 1 amide bonds. The highest BCUT2D eigenvalue weighted by molar-refractivity contribution is 7.92. The highest BCUT2D eigenvalue weighted by atomic mass is 32.2. The Labute approximate surface area is 185 Å². The van der Waals surface area contributed by atoms with E-state index in [4.69, 9.17) is 0 Å². The molecule has 31 heavy (non-hydrogen) atoms. The van der Waals surface area contributed by atoms with Crippen molar-refractivity contribution in [1.29, 1.82) is 0 Å². The summed E-state index contributed by atoms with van der Waals surface area (Å²) in [4.78, 5) is 16.7. The Kier molecular flexibility index (Phi) is 7.40. The number of hydrogen-bond acceptors (Lipinski definition) is 5. The summed E-state index contributed by atoms with van der Waals surface area (Å²) >= 11 is 1.65. The molecule has 6 nitrogen and oxygen atoms in total. The van der Waals surface area contributed by atoms with Crippen LogP contribution in [0.15, 0.2) is 52.7 Å². The minimum Gasteiger partial charge on any atom is -0.352 e. The topological polar surface area (TPSA) is 88.2 Å². The van der Waals surface area contributed by atoms with Crippen LogP contribution in [0.3, 0.4) is 0 Å². The Morgan fingerprint density at radius 2 is 1.84 bits per heavy atom. The lowest BCUT2D eigenvalue weighted by atomic mass is 10.2. The summed E-state index contributed by atoms with van der Waals surface area (Å²) in [5.74, 6) is -0.679.